The van der Waals surface area contributed by atoms with Crippen molar-refractivity contribution in [3.05, 3.63) is 247 Å². The summed E-state index contributed by atoms with van der Waals surface area (Å²) >= 11 is 0. The Morgan fingerprint density at radius 1 is 0.585 bits per heavy atom. The van der Waals surface area contributed by atoms with Crippen LogP contribution in [-0.2, 0) is 5.41 Å². The minimum Gasteiger partial charge on any atom is -0.311 e. The van der Waals surface area contributed by atoms with Crippen LogP contribution in [0.1, 0.15) is 49.8 Å². The Labute approximate surface area is 488 Å². The zero-order chi connectivity index (χ0) is 55.6. The Kier molecular flexibility index (Phi) is 10.8. The molecule has 82 heavy (non-hydrogen) atoms. The average Bonchev–Trinajstić information content (AvgIpc) is 1.39. The number of anilines is 9. The molecule has 2 bridgehead atoms. The first-order valence-electron chi connectivity index (χ1n) is 30.2. The van der Waals surface area contributed by atoms with Crippen LogP contribution < -0.4 is 41.5 Å². The minimum atomic E-state index is -2.13. The normalized spacial score (nSPS) is 22.0. The molecule has 6 heteroatoms. The van der Waals surface area contributed by atoms with E-state index in [1.165, 1.54) is 108 Å². The van der Waals surface area contributed by atoms with Gasteiger partial charge in [-0.3, -0.25) is 0 Å². The fourth-order valence-corrected chi connectivity index (χ4v) is 20.2. The molecular formula is C76H70BN3Si2. The molecule has 2 spiro atoms. The van der Waals surface area contributed by atoms with Gasteiger partial charge in [0.15, 0.2) is 0 Å². The Hall–Kier alpha value is -7.90. The van der Waals surface area contributed by atoms with E-state index in [9.17, 15) is 0 Å². The van der Waals surface area contributed by atoms with Crippen LogP contribution in [0, 0.1) is 23.2 Å². The van der Waals surface area contributed by atoms with Gasteiger partial charge in [-0.05, 0) is 150 Å². The molecule has 0 amide bonds. The topological polar surface area (TPSA) is 9.72 Å². The molecule has 3 nitrogen and oxygen atoms in total. The molecule has 0 saturated heterocycles. The van der Waals surface area contributed by atoms with Crippen LogP contribution in [0.4, 0.5) is 51.2 Å². The van der Waals surface area contributed by atoms with Crippen LogP contribution >= 0.6 is 0 Å². The van der Waals surface area contributed by atoms with E-state index >= 15 is 0 Å². The molecule has 3 saturated carbocycles. The molecule has 5 aliphatic carbocycles. The van der Waals surface area contributed by atoms with Gasteiger partial charge < -0.3 is 14.7 Å². The summed E-state index contributed by atoms with van der Waals surface area (Å²) in [7, 11) is -4.00. The first kappa shape index (κ1) is 49.9. The second-order valence-corrected chi connectivity index (χ2v) is 37.0. The Bertz CT molecular complexity index is 4210. The van der Waals surface area contributed by atoms with Crippen LogP contribution in [-0.4, -0.2) is 22.9 Å². The number of hydrogen-bond acceptors (Lipinski definition) is 3. The molecule has 5 unspecified atom stereocenters. The van der Waals surface area contributed by atoms with Crippen molar-refractivity contribution in [3.8, 4) is 22.3 Å². The van der Waals surface area contributed by atoms with Gasteiger partial charge in [-0.25, -0.2) is 0 Å². The zero-order valence-corrected chi connectivity index (χ0v) is 50.6. The SMILES string of the molecule is C/C=C\C=C(/C)c1ccccc1N1c2ccc([Si](C)(C)C)cc2B2c3cc([Si](C)(C)C)c4c(c3N(c3ccccc3-c3ccccc3)c3cc(N(c5ccccc5)c5ccccc5)cc1c32)-c1ccccc1C41C2=CC3CC4CC1C23C4. The van der Waals surface area contributed by atoms with E-state index in [4.69, 9.17) is 0 Å². The molecule has 0 aromatic heterocycles. The average molecular weight is 1090 g/mol. The summed E-state index contributed by atoms with van der Waals surface area (Å²) in [6, 6.07) is 77.4. The molecule has 400 valence electrons. The van der Waals surface area contributed by atoms with Crippen molar-refractivity contribution in [1.29, 1.82) is 0 Å². The molecule has 9 aromatic rings. The highest BCUT2D eigenvalue weighted by molar-refractivity contribution is 7.01. The first-order valence-corrected chi connectivity index (χ1v) is 37.2. The van der Waals surface area contributed by atoms with Crippen molar-refractivity contribution in [2.75, 3.05) is 14.7 Å². The van der Waals surface area contributed by atoms with E-state index in [0.717, 1.165) is 28.9 Å². The summed E-state index contributed by atoms with van der Waals surface area (Å²) in [4.78, 5) is 7.98. The molecule has 0 radical (unpaired) electrons. The second-order valence-electron chi connectivity index (χ2n) is 26.8. The highest BCUT2D eigenvalue weighted by Crippen LogP contribution is 2.87. The lowest BCUT2D eigenvalue weighted by Gasteiger charge is -2.71. The van der Waals surface area contributed by atoms with Gasteiger partial charge >= 0.3 is 0 Å². The molecule has 7 aliphatic rings. The van der Waals surface area contributed by atoms with E-state index in [2.05, 4.69) is 292 Å². The van der Waals surface area contributed by atoms with Crippen LogP contribution in [0.25, 0.3) is 27.8 Å². The van der Waals surface area contributed by atoms with Crippen LogP contribution in [0.15, 0.2) is 230 Å². The zero-order valence-electron chi connectivity index (χ0n) is 48.6. The summed E-state index contributed by atoms with van der Waals surface area (Å²) in [5.41, 5.74) is 28.0. The van der Waals surface area contributed by atoms with Gasteiger partial charge in [0.25, 0.3) is 6.71 Å². The predicted molar refractivity (Wildman–Crippen MR) is 356 cm³/mol. The summed E-state index contributed by atoms with van der Waals surface area (Å²) in [6.45, 7) is 19.8. The fraction of sp³-hybridized carbons (Fsp3) is 0.211. The monoisotopic (exact) mass is 1090 g/mol. The van der Waals surface area contributed by atoms with Crippen molar-refractivity contribution in [2.24, 2.45) is 23.2 Å². The van der Waals surface area contributed by atoms with Crippen molar-refractivity contribution in [3.63, 3.8) is 0 Å². The van der Waals surface area contributed by atoms with Gasteiger partial charge in [-0.15, -0.1) is 0 Å². The van der Waals surface area contributed by atoms with Gasteiger partial charge in [0.2, 0.25) is 0 Å². The lowest BCUT2D eigenvalue weighted by molar-refractivity contribution is -0.00543. The van der Waals surface area contributed by atoms with Crippen molar-refractivity contribution < 1.29 is 0 Å². The largest absolute Gasteiger partial charge is 0.311 e. The van der Waals surface area contributed by atoms with Gasteiger partial charge in [0, 0.05) is 61.6 Å². The van der Waals surface area contributed by atoms with E-state index < -0.39 is 16.1 Å². The van der Waals surface area contributed by atoms with Crippen LogP contribution in [0.2, 0.25) is 39.3 Å². The fourth-order valence-electron chi connectivity index (χ4n) is 17.4. The minimum absolute atomic E-state index is 0.0721. The smallest absolute Gasteiger partial charge is 0.252 e. The molecule has 9 aromatic carbocycles. The first-order chi connectivity index (χ1) is 39.8. The number of fused-ring (bicyclic) bond motifs is 13. The highest BCUT2D eigenvalue weighted by Gasteiger charge is 2.81. The van der Waals surface area contributed by atoms with E-state index in [-0.39, 0.29) is 12.1 Å². The number of benzene rings is 9. The third-order valence-corrected chi connectivity index (χ3v) is 24.6. The second kappa shape index (κ2) is 17.8. The van der Waals surface area contributed by atoms with Gasteiger partial charge in [0.05, 0.1) is 33.2 Å². The van der Waals surface area contributed by atoms with Gasteiger partial charge in [-0.2, -0.15) is 0 Å². The maximum atomic E-state index is 2.85. The number of hydrogen-bond donors (Lipinski definition) is 0. The maximum Gasteiger partial charge on any atom is 0.252 e. The molecule has 2 heterocycles. The van der Waals surface area contributed by atoms with E-state index in [1.54, 1.807) is 21.9 Å². The Morgan fingerprint density at radius 3 is 1.90 bits per heavy atom. The number of rotatable bonds is 10. The van der Waals surface area contributed by atoms with Gasteiger partial charge in [-0.1, -0.05) is 225 Å². The third kappa shape index (κ3) is 6.71. The summed E-state index contributed by atoms with van der Waals surface area (Å²) in [6.07, 6.45) is 13.5. The molecule has 16 rings (SSSR count). The molecule has 5 atom stereocenters. The summed E-state index contributed by atoms with van der Waals surface area (Å²) < 4.78 is 0. The predicted octanol–water partition coefficient (Wildman–Crippen LogP) is 17.2. The quantitative estimate of drug-likeness (QED) is 0.0768. The van der Waals surface area contributed by atoms with E-state index in [0.29, 0.717) is 11.3 Å². The maximum absolute atomic E-state index is 2.85. The number of nitrogens with zero attached hydrogens (tertiary/aromatic N) is 3. The number of para-hydroxylation sites is 4. The van der Waals surface area contributed by atoms with Crippen molar-refractivity contribution in [1.82, 2.24) is 0 Å². The van der Waals surface area contributed by atoms with E-state index in [1.807, 2.05) is 0 Å². The molecule has 3 fully saturated rings. The molecule has 0 N–H and O–H groups in total. The lowest BCUT2D eigenvalue weighted by Crippen LogP contribution is -2.68. The highest BCUT2D eigenvalue weighted by atomic mass is 28.3. The number of allylic oxidation sites excluding steroid dienone is 6. The summed E-state index contributed by atoms with van der Waals surface area (Å²) in [5.74, 6) is 2.18. The summed E-state index contributed by atoms with van der Waals surface area (Å²) in [5, 5.41) is 3.14. The Morgan fingerprint density at radius 2 is 1.22 bits per heavy atom. The third-order valence-electron chi connectivity index (χ3n) is 20.5. The van der Waals surface area contributed by atoms with Crippen molar-refractivity contribution >= 4 is 106 Å². The standard InChI is InChI=1S/C76H70BN3Si2/c1-9-10-26-49(2)57-33-21-24-37-63(57)79-65-40-39-56(81(3,4)5)46-61(65)77-62-47-68(82(6,7)8)72-71(59-35-20-23-36-60(59)76(72)69-42-50-41-52-43-70(76)75(52,69)48-50)74(62)80(64-38-25-22-34-58(64)51-27-14-11-15-28-51)67-45-55(44-66(79)73(67)77)78(53-29-16-12-17-30-53)54-31-18-13-19-32-54/h9-40,43-47,50,52,69H,41-42,48H2,1-8H3/b10-9-,49-26+. The van der Waals surface area contributed by atoms with Crippen molar-refractivity contribution in [2.45, 2.75) is 77.8 Å². The van der Waals surface area contributed by atoms with Gasteiger partial charge in [0.1, 0.15) is 0 Å². The Balaban J connectivity index is 1.11. The molecule has 2 aliphatic heterocycles. The van der Waals surface area contributed by atoms with Crippen LogP contribution in [0.3, 0.4) is 0 Å². The lowest BCUT2D eigenvalue weighted by atomic mass is 9.31. The molecular weight excluding hydrogens is 1020 g/mol. The van der Waals surface area contributed by atoms with Crippen LogP contribution in [0.5, 0.6) is 0 Å².